The Hall–Kier alpha value is -2.66. The minimum atomic E-state index is -1.21. The molecule has 0 saturated heterocycles. The highest BCUT2D eigenvalue weighted by atomic mass is 35.5. The van der Waals surface area contributed by atoms with Crippen LogP contribution in [0, 0.1) is 6.92 Å². The molecule has 112 valence electrons. The lowest BCUT2D eigenvalue weighted by atomic mass is 10.0. The Morgan fingerprint density at radius 1 is 1.09 bits per heavy atom. The molecule has 0 radical (unpaired) electrons. The van der Waals surface area contributed by atoms with E-state index >= 15 is 0 Å². The molecule has 0 amide bonds. The van der Waals surface area contributed by atoms with Gasteiger partial charge < -0.3 is 10.2 Å². The van der Waals surface area contributed by atoms with Gasteiger partial charge in [0.25, 0.3) is 0 Å². The molecule has 0 aliphatic carbocycles. The zero-order chi connectivity index (χ0) is 16.3. The van der Waals surface area contributed by atoms with Gasteiger partial charge in [-0.1, -0.05) is 17.7 Å². The highest BCUT2D eigenvalue weighted by Gasteiger charge is 2.12. The van der Waals surface area contributed by atoms with E-state index in [-0.39, 0.29) is 11.1 Å². The number of carboxylic acids is 2. The second-order valence-corrected chi connectivity index (χ2v) is 5.04. The van der Waals surface area contributed by atoms with E-state index in [0.717, 1.165) is 11.6 Å². The van der Waals surface area contributed by atoms with Crippen LogP contribution in [0.1, 0.15) is 31.8 Å². The number of carboxylic acid groups (broad SMARTS) is 2. The van der Waals surface area contributed by atoms with Crippen LogP contribution in [0.4, 0.5) is 5.69 Å². The molecule has 0 unspecified atom stereocenters. The second-order valence-electron chi connectivity index (χ2n) is 4.60. The van der Waals surface area contributed by atoms with Crippen LogP contribution >= 0.6 is 11.6 Å². The third kappa shape index (κ3) is 3.51. The van der Waals surface area contributed by atoms with Crippen molar-refractivity contribution in [3.63, 3.8) is 0 Å². The van der Waals surface area contributed by atoms with Crippen molar-refractivity contribution in [2.75, 3.05) is 0 Å². The Balaban J connectivity index is 2.42. The number of hydrogen-bond acceptors (Lipinski definition) is 3. The van der Waals surface area contributed by atoms with E-state index in [4.69, 9.17) is 16.7 Å². The number of rotatable bonds is 4. The molecule has 2 aromatic carbocycles. The molecule has 5 nitrogen and oxygen atoms in total. The average Bonchev–Trinajstić information content (AvgIpc) is 2.46. The summed E-state index contributed by atoms with van der Waals surface area (Å²) in [5.74, 6) is -2.39. The molecule has 2 rings (SSSR count). The van der Waals surface area contributed by atoms with Gasteiger partial charge in [0.15, 0.2) is 0 Å². The number of aliphatic imine (C=N–C) groups is 1. The van der Waals surface area contributed by atoms with Crippen molar-refractivity contribution in [2.24, 2.45) is 4.99 Å². The summed E-state index contributed by atoms with van der Waals surface area (Å²) >= 11 is 5.86. The maximum Gasteiger partial charge on any atom is 0.336 e. The standard InChI is InChI=1S/C16H12ClNO4/c1-9-6-12(17)4-5-14(9)18-8-11-3-2-10(15(19)20)7-13(11)16(21)22/h2-8H,1H3,(H,19,20)(H,21,22)/b18-8+. The molecule has 0 bridgehead atoms. The number of carbonyl (C=O) groups is 2. The number of aromatic carboxylic acids is 2. The maximum atomic E-state index is 11.2. The molecule has 6 heteroatoms. The van der Waals surface area contributed by atoms with E-state index in [1.165, 1.54) is 18.3 Å². The highest BCUT2D eigenvalue weighted by molar-refractivity contribution is 6.30. The Bertz CT molecular complexity index is 784. The van der Waals surface area contributed by atoms with Gasteiger partial charge in [0.1, 0.15) is 0 Å². The fourth-order valence-corrected chi connectivity index (χ4v) is 2.12. The Morgan fingerprint density at radius 3 is 2.41 bits per heavy atom. The van der Waals surface area contributed by atoms with Crippen molar-refractivity contribution in [3.05, 3.63) is 63.7 Å². The minimum Gasteiger partial charge on any atom is -0.478 e. The second kappa shape index (κ2) is 6.41. The van der Waals surface area contributed by atoms with Gasteiger partial charge in [0.05, 0.1) is 16.8 Å². The molecule has 2 N–H and O–H groups in total. The largest absolute Gasteiger partial charge is 0.478 e. The van der Waals surface area contributed by atoms with Gasteiger partial charge in [0, 0.05) is 16.8 Å². The molecule has 0 aliphatic heterocycles. The topological polar surface area (TPSA) is 87.0 Å². The first-order valence-corrected chi connectivity index (χ1v) is 6.67. The molecule has 2 aromatic rings. The number of aryl methyl sites for hydroxylation is 1. The quantitative estimate of drug-likeness (QED) is 0.840. The van der Waals surface area contributed by atoms with Crippen molar-refractivity contribution >= 4 is 35.4 Å². The first-order valence-electron chi connectivity index (χ1n) is 6.29. The maximum absolute atomic E-state index is 11.2. The predicted molar refractivity (Wildman–Crippen MR) is 83.8 cm³/mol. The van der Waals surface area contributed by atoms with E-state index in [1.54, 1.807) is 18.2 Å². The number of hydrogen-bond donors (Lipinski definition) is 2. The van der Waals surface area contributed by atoms with Crippen molar-refractivity contribution in [1.82, 2.24) is 0 Å². The van der Waals surface area contributed by atoms with Gasteiger partial charge >= 0.3 is 11.9 Å². The smallest absolute Gasteiger partial charge is 0.336 e. The summed E-state index contributed by atoms with van der Waals surface area (Å²) < 4.78 is 0. The third-order valence-corrected chi connectivity index (χ3v) is 3.27. The fraction of sp³-hybridized carbons (Fsp3) is 0.0625. The predicted octanol–water partition coefficient (Wildman–Crippen LogP) is 3.80. The lowest BCUT2D eigenvalue weighted by Gasteiger charge is -2.04. The Labute approximate surface area is 131 Å². The Morgan fingerprint density at radius 2 is 1.82 bits per heavy atom. The molecule has 22 heavy (non-hydrogen) atoms. The highest BCUT2D eigenvalue weighted by Crippen LogP contribution is 2.22. The number of nitrogens with zero attached hydrogens (tertiary/aromatic N) is 1. The molecule has 0 heterocycles. The van der Waals surface area contributed by atoms with Gasteiger partial charge in [-0.3, -0.25) is 4.99 Å². The molecule has 0 atom stereocenters. The van der Waals surface area contributed by atoms with Crippen molar-refractivity contribution in [1.29, 1.82) is 0 Å². The Kier molecular flexibility index (Phi) is 4.58. The first-order chi connectivity index (χ1) is 10.4. The molecule has 0 aliphatic rings. The summed E-state index contributed by atoms with van der Waals surface area (Å²) in [4.78, 5) is 26.4. The van der Waals surface area contributed by atoms with E-state index in [1.807, 2.05) is 6.92 Å². The summed E-state index contributed by atoms with van der Waals surface area (Å²) in [6.07, 6.45) is 1.39. The van der Waals surface area contributed by atoms with Crippen LogP contribution in [-0.4, -0.2) is 28.4 Å². The molecular formula is C16H12ClNO4. The van der Waals surface area contributed by atoms with Crippen LogP contribution < -0.4 is 0 Å². The molecule has 0 fully saturated rings. The van der Waals surface area contributed by atoms with Crippen LogP contribution in [0.25, 0.3) is 0 Å². The van der Waals surface area contributed by atoms with E-state index < -0.39 is 11.9 Å². The average molecular weight is 318 g/mol. The zero-order valence-electron chi connectivity index (χ0n) is 11.6. The SMILES string of the molecule is Cc1cc(Cl)ccc1/N=C/c1ccc(C(=O)O)cc1C(=O)O. The van der Waals surface area contributed by atoms with Crippen molar-refractivity contribution < 1.29 is 19.8 Å². The minimum absolute atomic E-state index is 0.0859. The van der Waals surface area contributed by atoms with Gasteiger partial charge in [0.2, 0.25) is 0 Å². The van der Waals surface area contributed by atoms with Gasteiger partial charge in [-0.25, -0.2) is 9.59 Å². The van der Waals surface area contributed by atoms with Crippen LogP contribution in [0.2, 0.25) is 5.02 Å². The van der Waals surface area contributed by atoms with Crippen LogP contribution in [0.15, 0.2) is 41.4 Å². The summed E-state index contributed by atoms with van der Waals surface area (Å²) in [6.45, 7) is 1.84. The summed E-state index contributed by atoms with van der Waals surface area (Å²) in [7, 11) is 0. The molecule has 0 saturated carbocycles. The molecular weight excluding hydrogens is 306 g/mol. The van der Waals surface area contributed by atoms with Gasteiger partial charge in [-0.2, -0.15) is 0 Å². The first kappa shape index (κ1) is 15.7. The van der Waals surface area contributed by atoms with E-state index in [9.17, 15) is 14.7 Å². The van der Waals surface area contributed by atoms with Crippen LogP contribution in [0.3, 0.4) is 0 Å². The number of benzene rings is 2. The molecule has 0 aromatic heterocycles. The zero-order valence-corrected chi connectivity index (χ0v) is 12.3. The van der Waals surface area contributed by atoms with Crippen molar-refractivity contribution in [2.45, 2.75) is 6.92 Å². The molecule has 0 spiro atoms. The third-order valence-electron chi connectivity index (χ3n) is 3.03. The number of halogens is 1. The van der Waals surface area contributed by atoms with Gasteiger partial charge in [-0.05, 0) is 42.8 Å². The van der Waals surface area contributed by atoms with Crippen molar-refractivity contribution in [3.8, 4) is 0 Å². The fourth-order valence-electron chi connectivity index (χ4n) is 1.89. The van der Waals surface area contributed by atoms with Crippen LogP contribution in [0.5, 0.6) is 0 Å². The van der Waals surface area contributed by atoms with E-state index in [0.29, 0.717) is 16.3 Å². The lowest BCUT2D eigenvalue weighted by molar-refractivity contribution is 0.0695. The van der Waals surface area contributed by atoms with Crippen LogP contribution in [-0.2, 0) is 0 Å². The normalized spacial score (nSPS) is 10.8. The van der Waals surface area contributed by atoms with E-state index in [2.05, 4.69) is 4.99 Å². The summed E-state index contributed by atoms with van der Waals surface area (Å²) in [5.41, 5.74) is 1.63. The van der Waals surface area contributed by atoms with Gasteiger partial charge in [-0.15, -0.1) is 0 Å². The lowest BCUT2D eigenvalue weighted by Crippen LogP contribution is -2.06. The summed E-state index contributed by atoms with van der Waals surface area (Å²) in [5, 5.41) is 18.7. The monoisotopic (exact) mass is 317 g/mol. The summed E-state index contributed by atoms with van der Waals surface area (Å²) in [6, 6.07) is 9.03.